The molecule has 1 saturated heterocycles. The molecule has 2 fully saturated rings. The van der Waals surface area contributed by atoms with E-state index in [0.717, 1.165) is 6.07 Å². The quantitative estimate of drug-likeness (QED) is 0.916. The molecule has 0 aromatic heterocycles. The van der Waals surface area contributed by atoms with Crippen molar-refractivity contribution in [2.75, 3.05) is 19.7 Å². The Labute approximate surface area is 125 Å². The van der Waals surface area contributed by atoms with E-state index in [-0.39, 0.29) is 30.5 Å². The minimum atomic E-state index is -1.11. The van der Waals surface area contributed by atoms with E-state index in [2.05, 4.69) is 0 Å². The molecular formula is C15H15F2NO4. The fraction of sp³-hybridized carbons (Fsp3) is 0.467. The summed E-state index contributed by atoms with van der Waals surface area (Å²) in [7, 11) is 0. The van der Waals surface area contributed by atoms with Crippen LogP contribution < -0.4 is 0 Å². The van der Waals surface area contributed by atoms with Gasteiger partial charge in [-0.25, -0.2) is 13.6 Å². The van der Waals surface area contributed by atoms with Crippen molar-refractivity contribution in [1.29, 1.82) is 0 Å². The molecule has 1 N–H and O–H groups in total. The highest BCUT2D eigenvalue weighted by molar-refractivity contribution is 5.84. The zero-order valence-electron chi connectivity index (χ0n) is 11.7. The second-order valence-electron chi connectivity index (χ2n) is 5.57. The van der Waals surface area contributed by atoms with Gasteiger partial charge in [-0.2, -0.15) is 0 Å². The monoisotopic (exact) mass is 311 g/mol. The third-order valence-electron chi connectivity index (χ3n) is 4.14. The molecule has 22 heavy (non-hydrogen) atoms. The first-order valence-corrected chi connectivity index (χ1v) is 7.06. The van der Waals surface area contributed by atoms with Crippen LogP contribution in [0.5, 0.6) is 0 Å². The van der Waals surface area contributed by atoms with Crippen LogP contribution in [0.2, 0.25) is 0 Å². The molecule has 1 aliphatic carbocycles. The van der Waals surface area contributed by atoms with Gasteiger partial charge in [-0.1, -0.05) is 12.1 Å². The van der Waals surface area contributed by atoms with E-state index in [1.54, 1.807) is 0 Å². The van der Waals surface area contributed by atoms with Crippen LogP contribution in [0.1, 0.15) is 17.9 Å². The number of halogens is 2. The predicted octanol–water partition coefficient (Wildman–Crippen LogP) is 1.38. The van der Waals surface area contributed by atoms with E-state index in [1.165, 1.54) is 17.0 Å². The maximum absolute atomic E-state index is 13.7. The number of carboxylic acids is 1. The molecule has 3 atom stereocenters. The number of ether oxygens (including phenoxy) is 1. The number of amides is 1. The molecule has 0 bridgehead atoms. The van der Waals surface area contributed by atoms with Crippen molar-refractivity contribution in [3.63, 3.8) is 0 Å². The minimum absolute atomic E-state index is 0.0109. The van der Waals surface area contributed by atoms with Gasteiger partial charge in [0.1, 0.15) is 0 Å². The molecule has 2 aliphatic rings. The van der Waals surface area contributed by atoms with Crippen molar-refractivity contribution >= 4 is 11.9 Å². The Morgan fingerprint density at radius 3 is 2.82 bits per heavy atom. The third kappa shape index (κ3) is 2.68. The minimum Gasteiger partial charge on any atom is -0.479 e. The molecule has 3 rings (SSSR count). The standard InChI is InChI=1S/C15H15F2NO4/c16-11-3-1-2-8(13(11)17)9-6-10(9)14(19)18-4-5-22-12(7-18)15(20)21/h1-3,9-10,12H,4-7H2,(H,20,21)/t9-,10-,12-/m0/s1. The smallest absolute Gasteiger partial charge is 0.334 e. The lowest BCUT2D eigenvalue weighted by molar-refractivity contribution is -0.159. The van der Waals surface area contributed by atoms with Crippen LogP contribution in [-0.2, 0) is 14.3 Å². The predicted molar refractivity (Wildman–Crippen MR) is 71.2 cm³/mol. The SMILES string of the molecule is O=C(O)[C@@H]1CN(C(=O)[C@H]2C[C@H]2c2cccc(F)c2F)CCO1. The maximum atomic E-state index is 13.7. The van der Waals surface area contributed by atoms with Crippen LogP contribution in [0.15, 0.2) is 18.2 Å². The van der Waals surface area contributed by atoms with Gasteiger partial charge in [-0.3, -0.25) is 4.79 Å². The first-order chi connectivity index (χ1) is 10.5. The van der Waals surface area contributed by atoms with Crippen molar-refractivity contribution in [2.45, 2.75) is 18.4 Å². The van der Waals surface area contributed by atoms with Gasteiger partial charge in [0.2, 0.25) is 5.91 Å². The number of benzene rings is 1. The number of rotatable bonds is 3. The summed E-state index contributed by atoms with van der Waals surface area (Å²) in [6.07, 6.45) is -0.574. The van der Waals surface area contributed by atoms with Gasteiger partial charge in [-0.05, 0) is 24.0 Å². The fourth-order valence-corrected chi connectivity index (χ4v) is 2.85. The van der Waals surface area contributed by atoms with Crippen LogP contribution in [0.25, 0.3) is 0 Å². The number of hydrogen-bond acceptors (Lipinski definition) is 3. The normalized spacial score (nSPS) is 27.5. The number of hydrogen-bond donors (Lipinski definition) is 1. The number of morpholine rings is 1. The number of carbonyl (C=O) groups is 2. The van der Waals surface area contributed by atoms with E-state index in [4.69, 9.17) is 9.84 Å². The first kappa shape index (κ1) is 14.9. The van der Waals surface area contributed by atoms with Crippen molar-refractivity contribution in [3.05, 3.63) is 35.4 Å². The molecular weight excluding hydrogens is 296 g/mol. The Bertz CT molecular complexity index is 622. The summed E-state index contributed by atoms with van der Waals surface area (Å²) in [5.41, 5.74) is 0.210. The van der Waals surface area contributed by atoms with Crippen LogP contribution in [0.3, 0.4) is 0 Å². The lowest BCUT2D eigenvalue weighted by Gasteiger charge is -2.31. The average Bonchev–Trinajstić information content (AvgIpc) is 3.29. The summed E-state index contributed by atoms with van der Waals surface area (Å²) >= 11 is 0. The molecule has 1 amide bonds. The second kappa shape index (κ2) is 5.64. The highest BCUT2D eigenvalue weighted by Gasteiger charge is 2.48. The summed E-state index contributed by atoms with van der Waals surface area (Å²) < 4.78 is 32.0. The number of carbonyl (C=O) groups excluding carboxylic acids is 1. The van der Waals surface area contributed by atoms with Gasteiger partial charge in [0.05, 0.1) is 13.2 Å². The molecule has 118 valence electrons. The van der Waals surface area contributed by atoms with Gasteiger partial charge >= 0.3 is 5.97 Å². The molecule has 7 heteroatoms. The van der Waals surface area contributed by atoms with E-state index < -0.39 is 29.6 Å². The van der Waals surface area contributed by atoms with Crippen LogP contribution in [0, 0.1) is 17.6 Å². The topological polar surface area (TPSA) is 66.8 Å². The first-order valence-electron chi connectivity index (χ1n) is 7.06. The zero-order valence-corrected chi connectivity index (χ0v) is 11.7. The molecule has 0 unspecified atom stereocenters. The largest absolute Gasteiger partial charge is 0.479 e. The molecule has 1 aliphatic heterocycles. The number of carboxylic acid groups (broad SMARTS) is 1. The van der Waals surface area contributed by atoms with Crippen LogP contribution >= 0.6 is 0 Å². The molecule has 5 nitrogen and oxygen atoms in total. The summed E-state index contributed by atoms with van der Waals surface area (Å²) in [4.78, 5) is 24.7. The molecule has 1 aromatic rings. The number of aliphatic carboxylic acids is 1. The Balaban J connectivity index is 1.68. The van der Waals surface area contributed by atoms with Gasteiger partial charge in [0.25, 0.3) is 0 Å². The Morgan fingerprint density at radius 2 is 2.09 bits per heavy atom. The van der Waals surface area contributed by atoms with E-state index in [1.807, 2.05) is 0 Å². The van der Waals surface area contributed by atoms with E-state index in [0.29, 0.717) is 13.0 Å². The van der Waals surface area contributed by atoms with Crippen molar-refractivity contribution in [2.24, 2.45) is 5.92 Å². The third-order valence-corrected chi connectivity index (χ3v) is 4.14. The lowest BCUT2D eigenvalue weighted by atomic mass is 10.1. The lowest BCUT2D eigenvalue weighted by Crippen LogP contribution is -2.49. The van der Waals surface area contributed by atoms with Crippen molar-refractivity contribution in [1.82, 2.24) is 4.90 Å². The second-order valence-corrected chi connectivity index (χ2v) is 5.57. The van der Waals surface area contributed by atoms with E-state index >= 15 is 0 Å². The summed E-state index contributed by atoms with van der Waals surface area (Å²) in [5, 5.41) is 8.93. The number of nitrogens with zero attached hydrogens (tertiary/aromatic N) is 1. The highest BCUT2D eigenvalue weighted by Crippen LogP contribution is 2.49. The molecule has 1 aromatic carbocycles. The highest BCUT2D eigenvalue weighted by atomic mass is 19.2. The Kier molecular flexibility index (Phi) is 3.82. The van der Waals surface area contributed by atoms with Crippen molar-refractivity contribution < 1.29 is 28.2 Å². The molecule has 0 radical (unpaired) electrons. The summed E-state index contributed by atoms with van der Waals surface area (Å²) in [6, 6.07) is 3.94. The van der Waals surface area contributed by atoms with Crippen LogP contribution in [0.4, 0.5) is 8.78 Å². The van der Waals surface area contributed by atoms with Crippen LogP contribution in [-0.4, -0.2) is 47.7 Å². The molecule has 0 spiro atoms. The zero-order chi connectivity index (χ0) is 15.9. The fourth-order valence-electron chi connectivity index (χ4n) is 2.85. The Hall–Kier alpha value is -2.02. The summed E-state index contributed by atoms with van der Waals surface area (Å²) in [5.74, 6) is -3.91. The van der Waals surface area contributed by atoms with Crippen molar-refractivity contribution in [3.8, 4) is 0 Å². The average molecular weight is 311 g/mol. The molecule has 1 heterocycles. The maximum Gasteiger partial charge on any atom is 0.334 e. The summed E-state index contributed by atoms with van der Waals surface area (Å²) in [6.45, 7) is 0.467. The van der Waals surface area contributed by atoms with Gasteiger partial charge in [0.15, 0.2) is 17.7 Å². The van der Waals surface area contributed by atoms with Gasteiger partial charge < -0.3 is 14.7 Å². The Morgan fingerprint density at radius 1 is 1.32 bits per heavy atom. The van der Waals surface area contributed by atoms with E-state index in [9.17, 15) is 18.4 Å². The molecule has 1 saturated carbocycles. The van der Waals surface area contributed by atoms with Gasteiger partial charge in [0, 0.05) is 12.5 Å². The van der Waals surface area contributed by atoms with Gasteiger partial charge in [-0.15, -0.1) is 0 Å².